The van der Waals surface area contributed by atoms with Crippen LogP contribution in [0.3, 0.4) is 0 Å². The van der Waals surface area contributed by atoms with E-state index in [4.69, 9.17) is 30.9 Å². The van der Waals surface area contributed by atoms with Crippen molar-refractivity contribution < 1.29 is 24.1 Å². The monoisotopic (exact) mass is 471 g/mol. The van der Waals surface area contributed by atoms with Crippen LogP contribution in [-0.2, 0) is 19.4 Å². The fraction of sp³-hybridized carbons (Fsp3) is 0.333. The highest BCUT2D eigenvalue weighted by Gasteiger charge is 2.25. The van der Waals surface area contributed by atoms with Gasteiger partial charge in [0.05, 0.1) is 39.3 Å². The first-order valence-corrected chi connectivity index (χ1v) is 10.9. The molecule has 0 saturated heterocycles. The number of methoxy groups -OCH3 is 3. The predicted octanol–water partition coefficient (Wildman–Crippen LogP) is 4.36. The van der Waals surface area contributed by atoms with Gasteiger partial charge in [0.15, 0.2) is 11.5 Å². The Morgan fingerprint density at radius 3 is 2.24 bits per heavy atom. The fourth-order valence-corrected chi connectivity index (χ4v) is 4.37. The lowest BCUT2D eigenvalue weighted by molar-refractivity contribution is 0.147. The van der Waals surface area contributed by atoms with Gasteiger partial charge in [-0.25, -0.2) is 4.79 Å². The molecule has 0 bridgehead atoms. The summed E-state index contributed by atoms with van der Waals surface area (Å²) in [6.07, 6.45) is 0.248. The van der Waals surface area contributed by atoms with Gasteiger partial charge in [0.25, 0.3) is 0 Å². The molecule has 1 aliphatic heterocycles. The minimum atomic E-state index is -0.904. The van der Waals surface area contributed by atoms with Gasteiger partial charge >= 0.3 is 6.09 Å². The Hall–Kier alpha value is -3.39. The van der Waals surface area contributed by atoms with E-state index in [0.717, 1.165) is 28.1 Å². The van der Waals surface area contributed by atoms with Gasteiger partial charge in [0.1, 0.15) is 0 Å². The van der Waals surface area contributed by atoms with E-state index >= 15 is 0 Å². The summed E-state index contributed by atoms with van der Waals surface area (Å²) in [6, 6.07) is 11.4. The van der Waals surface area contributed by atoms with Crippen molar-refractivity contribution in [1.82, 2.24) is 14.7 Å². The number of carbonyl (C=O) groups is 1. The predicted molar refractivity (Wildman–Crippen MR) is 125 cm³/mol. The average Bonchev–Trinajstić information content (AvgIpc) is 3.01. The Morgan fingerprint density at radius 2 is 1.67 bits per heavy atom. The van der Waals surface area contributed by atoms with Gasteiger partial charge in [-0.05, 0) is 36.2 Å². The standard InChI is InChI=1S/C24H26ClN3O5/c1-31-20-12-15(13-21(32-2)23(20)33-3)14-28-22(16-4-6-17(25)7-5-16)18-8-10-27(24(29)30)11-9-19(18)26-28/h4-7,12-13H,8-11,14H2,1-3H3,(H,29,30). The number of benzene rings is 2. The van der Waals surface area contributed by atoms with E-state index < -0.39 is 6.09 Å². The number of aromatic nitrogens is 2. The van der Waals surface area contributed by atoms with E-state index in [1.54, 1.807) is 21.3 Å². The lowest BCUT2D eigenvalue weighted by atomic mass is 10.0. The van der Waals surface area contributed by atoms with Crippen molar-refractivity contribution in [3.63, 3.8) is 0 Å². The van der Waals surface area contributed by atoms with Crippen LogP contribution in [0, 0.1) is 0 Å². The molecule has 1 amide bonds. The van der Waals surface area contributed by atoms with Crippen LogP contribution in [0.2, 0.25) is 5.02 Å². The van der Waals surface area contributed by atoms with Gasteiger partial charge in [0, 0.05) is 35.7 Å². The molecule has 0 saturated carbocycles. The minimum Gasteiger partial charge on any atom is -0.493 e. The van der Waals surface area contributed by atoms with E-state index in [9.17, 15) is 9.90 Å². The number of carboxylic acid groups (broad SMARTS) is 1. The molecule has 2 aromatic carbocycles. The van der Waals surface area contributed by atoms with Gasteiger partial charge in [0.2, 0.25) is 5.75 Å². The first-order valence-electron chi connectivity index (χ1n) is 10.6. The van der Waals surface area contributed by atoms with Crippen LogP contribution in [0.4, 0.5) is 4.79 Å². The van der Waals surface area contributed by atoms with Gasteiger partial charge in [-0.2, -0.15) is 5.10 Å². The molecule has 8 nitrogen and oxygen atoms in total. The number of hydrogen-bond acceptors (Lipinski definition) is 5. The van der Waals surface area contributed by atoms with Crippen LogP contribution < -0.4 is 14.2 Å². The Morgan fingerprint density at radius 1 is 1.03 bits per heavy atom. The van der Waals surface area contributed by atoms with Gasteiger partial charge < -0.3 is 24.2 Å². The second-order valence-electron chi connectivity index (χ2n) is 7.74. The lowest BCUT2D eigenvalue weighted by Crippen LogP contribution is -2.31. The summed E-state index contributed by atoms with van der Waals surface area (Å²) in [5.41, 5.74) is 4.85. The summed E-state index contributed by atoms with van der Waals surface area (Å²) in [5, 5.41) is 15.0. The third kappa shape index (κ3) is 4.57. The molecule has 1 aromatic heterocycles. The highest BCUT2D eigenvalue weighted by Crippen LogP contribution is 2.39. The molecule has 0 atom stereocenters. The van der Waals surface area contributed by atoms with Crippen molar-refractivity contribution >= 4 is 17.7 Å². The molecule has 1 aliphatic rings. The van der Waals surface area contributed by atoms with E-state index in [1.807, 2.05) is 41.1 Å². The largest absolute Gasteiger partial charge is 0.493 e. The van der Waals surface area contributed by atoms with Gasteiger partial charge in [-0.1, -0.05) is 23.7 Å². The molecule has 0 unspecified atom stereocenters. The average molecular weight is 472 g/mol. The Balaban J connectivity index is 1.79. The van der Waals surface area contributed by atoms with Crippen LogP contribution in [0.15, 0.2) is 36.4 Å². The van der Waals surface area contributed by atoms with Crippen LogP contribution >= 0.6 is 11.6 Å². The molecule has 0 spiro atoms. The quantitative estimate of drug-likeness (QED) is 0.575. The first kappa shape index (κ1) is 22.8. The van der Waals surface area contributed by atoms with Crippen molar-refractivity contribution in [2.45, 2.75) is 19.4 Å². The number of halogens is 1. The van der Waals surface area contributed by atoms with Crippen molar-refractivity contribution in [2.75, 3.05) is 34.4 Å². The van der Waals surface area contributed by atoms with E-state index in [-0.39, 0.29) is 0 Å². The van der Waals surface area contributed by atoms with E-state index in [0.29, 0.717) is 54.7 Å². The molecule has 1 N–H and O–H groups in total. The second-order valence-corrected chi connectivity index (χ2v) is 8.18. The second kappa shape index (κ2) is 9.62. The van der Waals surface area contributed by atoms with Gasteiger partial charge in [-0.15, -0.1) is 0 Å². The van der Waals surface area contributed by atoms with Crippen LogP contribution in [0.25, 0.3) is 11.3 Å². The third-order valence-corrected chi connectivity index (χ3v) is 6.08. The molecular formula is C24H26ClN3O5. The van der Waals surface area contributed by atoms with Crippen LogP contribution in [0.5, 0.6) is 17.2 Å². The molecule has 2 heterocycles. The van der Waals surface area contributed by atoms with Crippen molar-refractivity contribution in [1.29, 1.82) is 0 Å². The SMILES string of the molecule is COc1cc(Cn2nc3c(c2-c2ccc(Cl)cc2)CCN(C(=O)O)CC3)cc(OC)c1OC. The summed E-state index contributed by atoms with van der Waals surface area (Å²) < 4.78 is 18.4. The molecule has 0 fully saturated rings. The molecule has 4 rings (SSSR count). The van der Waals surface area contributed by atoms with Crippen molar-refractivity contribution in [2.24, 2.45) is 0 Å². The molecule has 33 heavy (non-hydrogen) atoms. The zero-order valence-corrected chi connectivity index (χ0v) is 19.6. The van der Waals surface area contributed by atoms with E-state index in [1.165, 1.54) is 4.90 Å². The number of amides is 1. The molecule has 3 aromatic rings. The van der Waals surface area contributed by atoms with E-state index in [2.05, 4.69) is 0 Å². The summed E-state index contributed by atoms with van der Waals surface area (Å²) in [5.74, 6) is 1.68. The summed E-state index contributed by atoms with van der Waals surface area (Å²) in [7, 11) is 4.75. The summed E-state index contributed by atoms with van der Waals surface area (Å²) in [6.45, 7) is 1.33. The van der Waals surface area contributed by atoms with Gasteiger partial charge in [-0.3, -0.25) is 4.68 Å². The molecule has 0 radical (unpaired) electrons. The first-order chi connectivity index (χ1) is 15.9. The maximum atomic E-state index is 11.5. The maximum absolute atomic E-state index is 11.5. The Labute approximate surface area is 197 Å². The number of fused-ring (bicyclic) bond motifs is 1. The number of hydrogen-bond donors (Lipinski definition) is 1. The molecule has 174 valence electrons. The molecular weight excluding hydrogens is 446 g/mol. The highest BCUT2D eigenvalue weighted by molar-refractivity contribution is 6.30. The van der Waals surface area contributed by atoms with Crippen molar-refractivity contribution in [3.8, 4) is 28.5 Å². The highest BCUT2D eigenvalue weighted by atomic mass is 35.5. The third-order valence-electron chi connectivity index (χ3n) is 5.83. The minimum absolute atomic E-state index is 0.420. The van der Waals surface area contributed by atoms with Crippen LogP contribution in [-0.4, -0.2) is 60.3 Å². The topological polar surface area (TPSA) is 86.1 Å². The fourth-order valence-electron chi connectivity index (χ4n) is 4.25. The maximum Gasteiger partial charge on any atom is 0.407 e. The summed E-state index contributed by atoms with van der Waals surface area (Å²) in [4.78, 5) is 12.9. The normalized spacial score (nSPS) is 13.3. The zero-order valence-electron chi connectivity index (χ0n) is 18.8. The summed E-state index contributed by atoms with van der Waals surface area (Å²) >= 11 is 6.13. The van der Waals surface area contributed by atoms with Crippen molar-refractivity contribution in [3.05, 3.63) is 58.2 Å². The zero-order chi connectivity index (χ0) is 23.5. The van der Waals surface area contributed by atoms with Crippen LogP contribution in [0.1, 0.15) is 16.8 Å². The Kier molecular flexibility index (Phi) is 6.65. The Bertz CT molecular complexity index is 1130. The molecule has 0 aliphatic carbocycles. The molecule has 9 heteroatoms. The number of ether oxygens (including phenoxy) is 3. The smallest absolute Gasteiger partial charge is 0.407 e. The number of rotatable bonds is 6. The number of nitrogens with zero attached hydrogens (tertiary/aromatic N) is 3. The lowest BCUT2D eigenvalue weighted by Gasteiger charge is -2.17.